The molecule has 0 spiro atoms. The number of hydrogen-bond donors (Lipinski definition) is 0. The van der Waals surface area contributed by atoms with Crippen molar-refractivity contribution in [1.29, 1.82) is 0 Å². The lowest BCUT2D eigenvalue weighted by molar-refractivity contribution is -0.297. The number of rotatable bonds is 1. The molecule has 0 amide bonds. The normalized spacial score (nSPS) is 10.2. The summed E-state index contributed by atoms with van der Waals surface area (Å²) in [7, 11) is 0. The third kappa shape index (κ3) is 1.28. The molecule has 2 rings (SSSR count). The van der Waals surface area contributed by atoms with E-state index in [0.717, 1.165) is 5.56 Å². The average Bonchev–Trinajstić information content (AvgIpc) is 2.49. The molecule has 0 aliphatic rings. The van der Waals surface area contributed by atoms with E-state index in [1.54, 1.807) is 6.92 Å². The number of benzene rings is 1. The molecule has 0 atom stereocenters. The first-order valence-corrected chi connectivity index (χ1v) is 3.98. The molecule has 1 aromatic carbocycles. The van der Waals surface area contributed by atoms with Crippen LogP contribution in [0.4, 0.5) is 0 Å². The number of nitrogens with zero attached hydrogens (tertiary/aromatic N) is 1. The molecule has 0 aliphatic heterocycles. The van der Waals surface area contributed by atoms with Crippen LogP contribution in [0.1, 0.15) is 5.56 Å². The minimum Gasteiger partial charge on any atom is -0.544 e. The van der Waals surface area contributed by atoms with Crippen molar-refractivity contribution in [2.75, 3.05) is 0 Å². The average molecular weight is 174 g/mol. The molecular formula is C10H8NO2-. The van der Waals surface area contributed by atoms with Crippen molar-refractivity contribution in [2.45, 2.75) is 6.92 Å². The lowest BCUT2D eigenvalue weighted by atomic mass is 10.1. The van der Waals surface area contributed by atoms with Gasteiger partial charge in [-0.05, 0) is 6.92 Å². The maximum atomic E-state index is 11.0. The van der Waals surface area contributed by atoms with Gasteiger partial charge in [-0.1, -0.05) is 30.3 Å². The molecule has 1 heterocycles. The molecule has 66 valence electrons. The molecule has 0 saturated heterocycles. The Hall–Kier alpha value is -1.77. The highest BCUT2D eigenvalue weighted by Crippen LogP contribution is 2.26. The smallest absolute Gasteiger partial charge is 0.0884 e. The molecule has 0 bridgehead atoms. The van der Waals surface area contributed by atoms with Crippen LogP contribution in [0.3, 0.4) is 0 Å². The summed E-state index contributed by atoms with van der Waals surface area (Å²) in [6.45, 7) is 1.71. The Bertz CT molecular complexity index is 406. The lowest BCUT2D eigenvalue weighted by Crippen LogP contribution is -1.88. The van der Waals surface area contributed by atoms with Crippen molar-refractivity contribution in [1.82, 2.24) is 5.16 Å². The second-order valence-corrected chi connectivity index (χ2v) is 2.81. The molecule has 0 aliphatic carbocycles. The van der Waals surface area contributed by atoms with Gasteiger partial charge in [0.2, 0.25) is 0 Å². The van der Waals surface area contributed by atoms with E-state index in [2.05, 4.69) is 9.68 Å². The first kappa shape index (κ1) is 7.86. The van der Waals surface area contributed by atoms with Crippen LogP contribution in [-0.2, 0) is 0 Å². The maximum Gasteiger partial charge on any atom is 0.0884 e. The predicted molar refractivity (Wildman–Crippen MR) is 46.1 cm³/mol. The fraction of sp³-hybridized carbons (Fsp3) is 0.100. The monoisotopic (exact) mass is 174 g/mol. The Morgan fingerprint density at radius 2 is 1.92 bits per heavy atom. The van der Waals surface area contributed by atoms with Crippen LogP contribution in [0.15, 0.2) is 34.9 Å². The summed E-state index contributed by atoms with van der Waals surface area (Å²) in [5, 5.41) is 14.7. The van der Waals surface area contributed by atoms with Gasteiger partial charge in [-0.3, -0.25) is 0 Å². The highest BCUT2D eigenvalue weighted by Gasteiger charge is 2.04. The van der Waals surface area contributed by atoms with Gasteiger partial charge in [-0.25, -0.2) is 0 Å². The molecule has 3 heteroatoms. The van der Waals surface area contributed by atoms with Gasteiger partial charge in [0.1, 0.15) is 0 Å². The highest BCUT2D eigenvalue weighted by atomic mass is 16.5. The van der Waals surface area contributed by atoms with Crippen LogP contribution >= 0.6 is 0 Å². The quantitative estimate of drug-likeness (QED) is 0.661. The Morgan fingerprint density at radius 3 is 2.46 bits per heavy atom. The predicted octanol–water partition coefficient (Wildman–Crippen LogP) is 1.72. The molecule has 13 heavy (non-hydrogen) atoms. The molecule has 0 saturated carbocycles. The second-order valence-electron chi connectivity index (χ2n) is 2.81. The van der Waals surface area contributed by atoms with E-state index in [-0.39, 0.29) is 5.95 Å². The zero-order valence-corrected chi connectivity index (χ0v) is 7.15. The van der Waals surface area contributed by atoms with Gasteiger partial charge in [-0.2, -0.15) is 5.16 Å². The molecule has 0 radical (unpaired) electrons. The van der Waals surface area contributed by atoms with Crippen LogP contribution in [0, 0.1) is 6.92 Å². The Labute approximate surface area is 75.6 Å². The van der Waals surface area contributed by atoms with E-state index in [0.29, 0.717) is 11.3 Å². The minimum absolute atomic E-state index is 0.362. The molecule has 2 aromatic rings. The molecule has 0 N–H and O–H groups in total. The molecule has 3 nitrogen and oxygen atoms in total. The van der Waals surface area contributed by atoms with Crippen LogP contribution in [0.5, 0.6) is 5.95 Å². The summed E-state index contributed by atoms with van der Waals surface area (Å²) >= 11 is 0. The van der Waals surface area contributed by atoms with Gasteiger partial charge in [-0.15, -0.1) is 0 Å². The SMILES string of the molecule is Cc1c(-c2ccccc2)noc1[O-]. The van der Waals surface area contributed by atoms with Gasteiger partial charge in [0.05, 0.1) is 11.6 Å². The summed E-state index contributed by atoms with van der Waals surface area (Å²) in [6, 6.07) is 9.49. The topological polar surface area (TPSA) is 49.1 Å². The van der Waals surface area contributed by atoms with Crippen molar-refractivity contribution >= 4 is 0 Å². The van der Waals surface area contributed by atoms with E-state index < -0.39 is 0 Å². The first-order chi connectivity index (χ1) is 6.29. The van der Waals surface area contributed by atoms with Crippen LogP contribution in [-0.4, -0.2) is 5.16 Å². The summed E-state index contributed by atoms with van der Waals surface area (Å²) in [6.07, 6.45) is 0. The van der Waals surface area contributed by atoms with Gasteiger partial charge < -0.3 is 9.63 Å². The highest BCUT2D eigenvalue weighted by molar-refractivity contribution is 5.63. The second kappa shape index (κ2) is 2.94. The van der Waals surface area contributed by atoms with E-state index in [9.17, 15) is 5.11 Å². The van der Waals surface area contributed by atoms with E-state index in [1.165, 1.54) is 0 Å². The maximum absolute atomic E-state index is 11.0. The Balaban J connectivity index is 2.53. The summed E-state index contributed by atoms with van der Waals surface area (Å²) in [5.74, 6) is -0.362. The molecule has 1 aromatic heterocycles. The standard InChI is InChI=1S/C10H9NO2/c1-7-9(11-13-10(7)12)8-5-3-2-4-6-8/h2-6,12H,1H3/p-1. The first-order valence-electron chi connectivity index (χ1n) is 3.98. The Kier molecular flexibility index (Phi) is 1.77. The number of hydrogen-bond acceptors (Lipinski definition) is 3. The Morgan fingerprint density at radius 1 is 1.23 bits per heavy atom. The van der Waals surface area contributed by atoms with Crippen LogP contribution < -0.4 is 5.11 Å². The summed E-state index contributed by atoms with van der Waals surface area (Å²) < 4.78 is 4.54. The van der Waals surface area contributed by atoms with E-state index in [4.69, 9.17) is 0 Å². The summed E-state index contributed by atoms with van der Waals surface area (Å²) in [5.41, 5.74) is 2.10. The van der Waals surface area contributed by atoms with E-state index >= 15 is 0 Å². The molecule has 0 unspecified atom stereocenters. The zero-order valence-electron chi connectivity index (χ0n) is 7.15. The fourth-order valence-electron chi connectivity index (χ4n) is 1.19. The third-order valence-corrected chi connectivity index (χ3v) is 1.93. The van der Waals surface area contributed by atoms with E-state index in [1.807, 2.05) is 30.3 Å². The summed E-state index contributed by atoms with van der Waals surface area (Å²) in [4.78, 5) is 0. The van der Waals surface area contributed by atoms with Crippen molar-refractivity contribution in [3.63, 3.8) is 0 Å². The molecular weight excluding hydrogens is 166 g/mol. The van der Waals surface area contributed by atoms with Crippen LogP contribution in [0.25, 0.3) is 11.3 Å². The van der Waals surface area contributed by atoms with Crippen molar-refractivity contribution in [3.8, 4) is 17.2 Å². The molecule has 0 fully saturated rings. The van der Waals surface area contributed by atoms with Gasteiger partial charge >= 0.3 is 0 Å². The van der Waals surface area contributed by atoms with Gasteiger partial charge in [0, 0.05) is 11.1 Å². The minimum atomic E-state index is -0.362. The van der Waals surface area contributed by atoms with Crippen molar-refractivity contribution in [3.05, 3.63) is 35.9 Å². The largest absolute Gasteiger partial charge is 0.544 e. The number of aromatic nitrogens is 1. The van der Waals surface area contributed by atoms with Crippen molar-refractivity contribution < 1.29 is 9.63 Å². The van der Waals surface area contributed by atoms with Crippen molar-refractivity contribution in [2.24, 2.45) is 0 Å². The lowest BCUT2D eigenvalue weighted by Gasteiger charge is -1.97. The zero-order chi connectivity index (χ0) is 9.26. The third-order valence-electron chi connectivity index (χ3n) is 1.93. The van der Waals surface area contributed by atoms with Gasteiger partial charge in [0.25, 0.3) is 0 Å². The van der Waals surface area contributed by atoms with Gasteiger partial charge in [0.15, 0.2) is 0 Å². The fourth-order valence-corrected chi connectivity index (χ4v) is 1.19. The van der Waals surface area contributed by atoms with Crippen LogP contribution in [0.2, 0.25) is 0 Å².